The Morgan fingerprint density at radius 3 is 2.42 bits per heavy atom. The fourth-order valence-corrected chi connectivity index (χ4v) is 4.64. The van der Waals surface area contributed by atoms with Gasteiger partial charge in [0.15, 0.2) is 16.3 Å². The molecule has 1 heterocycles. The minimum absolute atomic E-state index is 0.370. The summed E-state index contributed by atoms with van der Waals surface area (Å²) in [5, 5.41) is 0. The van der Waals surface area contributed by atoms with Gasteiger partial charge in [0, 0.05) is 24.2 Å². The van der Waals surface area contributed by atoms with E-state index < -0.39 is 0 Å². The van der Waals surface area contributed by atoms with Crippen molar-refractivity contribution < 1.29 is 23.7 Å². The molecule has 3 aromatic rings. The monoisotopic (exact) mass is 506 g/mol. The summed E-state index contributed by atoms with van der Waals surface area (Å²) in [6, 6.07) is 9.51. The van der Waals surface area contributed by atoms with Crippen LogP contribution in [0.3, 0.4) is 0 Å². The van der Waals surface area contributed by atoms with Crippen molar-refractivity contribution in [3.8, 4) is 17.2 Å². The van der Waals surface area contributed by atoms with E-state index in [9.17, 15) is 4.79 Å². The van der Waals surface area contributed by atoms with Crippen LogP contribution in [0.25, 0.3) is 16.3 Å². The average Bonchev–Trinajstić information content (AvgIpc) is 3.10. The number of ether oxygens (including phenoxy) is 4. The van der Waals surface area contributed by atoms with Crippen LogP contribution >= 0.6 is 27.3 Å². The lowest BCUT2D eigenvalue weighted by atomic mass is 10.1. The summed E-state index contributed by atoms with van der Waals surface area (Å²) in [4.78, 5) is 17.5. The molecule has 0 aliphatic carbocycles. The maximum atomic E-state index is 12.6. The quantitative estimate of drug-likeness (QED) is 0.426. The molecule has 0 aliphatic rings. The predicted octanol–water partition coefficient (Wildman–Crippen LogP) is 4.28. The third-order valence-electron chi connectivity index (χ3n) is 4.48. The van der Waals surface area contributed by atoms with Gasteiger partial charge >= 0.3 is 0 Å². The minimum Gasteiger partial charge on any atom is -0.493 e. The largest absolute Gasteiger partial charge is 0.493 e. The van der Waals surface area contributed by atoms with Gasteiger partial charge in [-0.15, -0.1) is 0 Å². The lowest BCUT2D eigenvalue weighted by molar-refractivity contribution is -0.113. The third-order valence-corrected chi connectivity index (χ3v) is 6.01. The van der Waals surface area contributed by atoms with E-state index in [-0.39, 0.29) is 5.91 Å². The highest BCUT2D eigenvalue weighted by atomic mass is 79.9. The van der Waals surface area contributed by atoms with Crippen LogP contribution in [0.4, 0.5) is 0 Å². The zero-order valence-corrected chi connectivity index (χ0v) is 20.1. The van der Waals surface area contributed by atoms with Crippen molar-refractivity contribution in [2.45, 2.75) is 6.54 Å². The topological polar surface area (TPSA) is 71.3 Å². The number of hydrogen-bond acceptors (Lipinski definition) is 6. The Bertz CT molecular complexity index is 1160. The summed E-state index contributed by atoms with van der Waals surface area (Å²) in [6.45, 7) is 1.12. The molecule has 1 aromatic heterocycles. The number of hydrogen-bond donors (Lipinski definition) is 0. The maximum Gasteiger partial charge on any atom is 0.272 e. The summed E-state index contributed by atoms with van der Waals surface area (Å²) in [5.41, 5.74) is 1.73. The molecule has 0 aliphatic heterocycles. The number of nitrogens with zero attached hydrogens (tertiary/aromatic N) is 2. The molecule has 9 heteroatoms. The predicted molar refractivity (Wildman–Crippen MR) is 125 cm³/mol. The number of amides is 1. The lowest BCUT2D eigenvalue weighted by Crippen LogP contribution is -2.18. The van der Waals surface area contributed by atoms with Crippen LogP contribution in [0.5, 0.6) is 17.2 Å². The molecule has 3 rings (SSSR count). The fourth-order valence-electron chi connectivity index (χ4n) is 3.03. The van der Waals surface area contributed by atoms with Gasteiger partial charge in [0.25, 0.3) is 5.91 Å². The highest BCUT2D eigenvalue weighted by Gasteiger charge is 2.12. The molecule has 1 amide bonds. The van der Waals surface area contributed by atoms with Crippen LogP contribution < -0.4 is 19.0 Å². The van der Waals surface area contributed by atoms with Gasteiger partial charge in [-0.25, -0.2) is 0 Å². The van der Waals surface area contributed by atoms with Crippen molar-refractivity contribution >= 4 is 49.5 Å². The van der Waals surface area contributed by atoms with E-state index in [0.717, 1.165) is 20.3 Å². The van der Waals surface area contributed by atoms with Crippen LogP contribution in [0.2, 0.25) is 0 Å². The van der Waals surface area contributed by atoms with Gasteiger partial charge < -0.3 is 23.5 Å². The first-order chi connectivity index (χ1) is 15.0. The Labute approximate surface area is 192 Å². The normalized spacial score (nSPS) is 12.0. The highest BCUT2D eigenvalue weighted by Crippen LogP contribution is 2.38. The van der Waals surface area contributed by atoms with Crippen LogP contribution in [-0.4, -0.2) is 45.5 Å². The van der Waals surface area contributed by atoms with Crippen LogP contribution in [0.1, 0.15) is 5.56 Å². The second kappa shape index (κ2) is 10.6. The molecule has 0 fully saturated rings. The third kappa shape index (κ3) is 5.36. The van der Waals surface area contributed by atoms with Crippen molar-refractivity contribution in [2.24, 2.45) is 4.99 Å². The fraction of sp³-hybridized carbons (Fsp3) is 0.273. The Morgan fingerprint density at radius 1 is 1.10 bits per heavy atom. The standard InChI is InChI=1S/C22H23BrN2O5S/c1-27-10-9-25-16-7-6-15(23)13-19(16)31-22(25)24-20(26)8-5-14-11-17(28-2)21(30-4)18(12-14)29-3/h5-8,11-13H,9-10H2,1-4H3. The molecule has 0 saturated carbocycles. The van der Waals surface area contributed by atoms with Gasteiger partial charge in [-0.05, 0) is 42.0 Å². The number of halogens is 1. The van der Waals surface area contributed by atoms with Gasteiger partial charge in [0.2, 0.25) is 5.75 Å². The van der Waals surface area contributed by atoms with Gasteiger partial charge in [-0.2, -0.15) is 4.99 Å². The van der Waals surface area contributed by atoms with E-state index in [1.165, 1.54) is 17.4 Å². The summed E-state index contributed by atoms with van der Waals surface area (Å²) in [7, 11) is 6.28. The van der Waals surface area contributed by atoms with E-state index in [4.69, 9.17) is 18.9 Å². The molecule has 0 N–H and O–H groups in total. The van der Waals surface area contributed by atoms with E-state index >= 15 is 0 Å². The number of thiazole rings is 1. The molecule has 0 radical (unpaired) electrons. The number of methoxy groups -OCH3 is 4. The number of aromatic nitrogens is 1. The van der Waals surface area contributed by atoms with E-state index in [1.54, 1.807) is 46.6 Å². The number of carbonyl (C=O) groups is 1. The molecule has 7 nitrogen and oxygen atoms in total. The first kappa shape index (κ1) is 23.1. The zero-order valence-electron chi connectivity index (χ0n) is 17.7. The van der Waals surface area contributed by atoms with Crippen molar-refractivity contribution in [3.05, 3.63) is 51.2 Å². The van der Waals surface area contributed by atoms with Crippen molar-refractivity contribution in [1.29, 1.82) is 0 Å². The molecule has 164 valence electrons. The summed E-state index contributed by atoms with van der Waals surface area (Å²) < 4.78 is 25.2. The van der Waals surface area contributed by atoms with Gasteiger partial charge in [-0.3, -0.25) is 4.79 Å². The van der Waals surface area contributed by atoms with Crippen molar-refractivity contribution in [1.82, 2.24) is 4.57 Å². The summed E-state index contributed by atoms with van der Waals surface area (Å²) in [5.74, 6) is 1.15. The average molecular weight is 507 g/mol. The molecule has 31 heavy (non-hydrogen) atoms. The molecule has 0 unspecified atom stereocenters. The Morgan fingerprint density at radius 2 is 1.81 bits per heavy atom. The second-order valence-corrected chi connectivity index (χ2v) is 8.31. The number of benzene rings is 2. The van der Waals surface area contributed by atoms with Crippen LogP contribution in [0.15, 0.2) is 45.9 Å². The number of carbonyl (C=O) groups excluding carboxylic acids is 1. The van der Waals surface area contributed by atoms with E-state index in [1.807, 2.05) is 22.8 Å². The highest BCUT2D eigenvalue weighted by molar-refractivity contribution is 9.10. The number of rotatable bonds is 8. The minimum atomic E-state index is -0.370. The first-order valence-electron chi connectivity index (χ1n) is 9.35. The van der Waals surface area contributed by atoms with Gasteiger partial charge in [0.1, 0.15) is 0 Å². The second-order valence-electron chi connectivity index (χ2n) is 6.38. The SMILES string of the molecule is COCCn1c(=NC(=O)C=Cc2cc(OC)c(OC)c(OC)c2)sc2cc(Br)ccc21. The molecule has 0 bridgehead atoms. The zero-order chi connectivity index (χ0) is 22.4. The summed E-state index contributed by atoms with van der Waals surface area (Å²) >= 11 is 4.94. The first-order valence-corrected chi connectivity index (χ1v) is 11.0. The van der Waals surface area contributed by atoms with Gasteiger partial charge in [-0.1, -0.05) is 27.3 Å². The Balaban J connectivity index is 1.95. The van der Waals surface area contributed by atoms with E-state index in [0.29, 0.717) is 35.2 Å². The lowest BCUT2D eigenvalue weighted by Gasteiger charge is -2.12. The maximum absolute atomic E-state index is 12.6. The summed E-state index contributed by atoms with van der Waals surface area (Å²) in [6.07, 6.45) is 3.08. The Kier molecular flexibility index (Phi) is 7.89. The van der Waals surface area contributed by atoms with Crippen molar-refractivity contribution in [3.63, 3.8) is 0 Å². The Hall–Kier alpha value is -2.62. The molecule has 0 atom stereocenters. The van der Waals surface area contributed by atoms with Gasteiger partial charge in [0.05, 0.1) is 38.2 Å². The molecule has 2 aromatic carbocycles. The van der Waals surface area contributed by atoms with Crippen molar-refractivity contribution in [2.75, 3.05) is 35.0 Å². The smallest absolute Gasteiger partial charge is 0.272 e. The number of fused-ring (bicyclic) bond motifs is 1. The van der Waals surface area contributed by atoms with Crippen LogP contribution in [0, 0.1) is 0 Å². The molecular formula is C22H23BrN2O5S. The molecule has 0 saturated heterocycles. The molecular weight excluding hydrogens is 484 g/mol. The van der Waals surface area contributed by atoms with Crippen LogP contribution in [-0.2, 0) is 16.1 Å². The van der Waals surface area contributed by atoms with E-state index in [2.05, 4.69) is 20.9 Å². The molecule has 0 spiro atoms.